The maximum Gasteiger partial charge on any atom is 0.432 e. The molecule has 0 spiro atoms. The van der Waals surface area contributed by atoms with E-state index in [9.17, 15) is 0 Å². The van der Waals surface area contributed by atoms with Crippen LogP contribution in [0.4, 0.5) is 0 Å². The quantitative estimate of drug-likeness (QED) is 0.455. The third kappa shape index (κ3) is 1.09. The average molecular weight is 123 g/mol. The van der Waals surface area contributed by atoms with Gasteiger partial charge in [-0.1, -0.05) is 0 Å². The molecule has 1 heterocycles. The van der Waals surface area contributed by atoms with Crippen LogP contribution in [0.2, 0.25) is 0 Å². The Morgan fingerprint density at radius 2 is 1.89 bits per heavy atom. The van der Waals surface area contributed by atoms with E-state index in [1.807, 2.05) is 12.3 Å². The lowest BCUT2D eigenvalue weighted by Crippen LogP contribution is -1.92. The molecule has 0 atom stereocenters. The summed E-state index contributed by atoms with van der Waals surface area (Å²) in [6.07, 6.45) is 1.87. The van der Waals surface area contributed by atoms with Crippen LogP contribution in [0.1, 0.15) is 0 Å². The predicted molar refractivity (Wildman–Crippen MR) is 34.8 cm³/mol. The molecule has 3 nitrogen and oxygen atoms in total. The van der Waals surface area contributed by atoms with Gasteiger partial charge < -0.3 is 10.0 Å². The van der Waals surface area contributed by atoms with Crippen molar-refractivity contribution in [1.29, 1.82) is 0 Å². The average Bonchev–Trinajstić information content (AvgIpc) is 1.81. The minimum absolute atomic E-state index is 0.750. The van der Waals surface area contributed by atoms with E-state index in [0.717, 1.165) is 0 Å². The van der Waals surface area contributed by atoms with Gasteiger partial charge in [0.1, 0.15) is 0 Å². The predicted octanol–water partition coefficient (Wildman–Crippen LogP) is -0.701. The number of rotatable bonds is 0. The van der Waals surface area contributed by atoms with Crippen molar-refractivity contribution in [2.75, 3.05) is 0 Å². The van der Waals surface area contributed by atoms with Crippen molar-refractivity contribution in [3.05, 3.63) is 18.3 Å². The first-order chi connectivity index (χ1) is 4.38. The smallest absolute Gasteiger partial charge is 0.430 e. The van der Waals surface area contributed by atoms with Gasteiger partial charge in [0.05, 0.1) is 5.69 Å². The van der Waals surface area contributed by atoms with E-state index in [1.54, 1.807) is 0 Å². The lowest BCUT2D eigenvalue weighted by molar-refractivity contribution is 0.448. The van der Waals surface area contributed by atoms with Crippen molar-refractivity contribution in [3.63, 3.8) is 0 Å². The fourth-order valence-corrected chi connectivity index (χ4v) is 0.554. The highest BCUT2D eigenvalue weighted by Gasteiger charge is 2.06. The van der Waals surface area contributed by atoms with E-state index < -0.39 is 7.69 Å². The van der Waals surface area contributed by atoms with Gasteiger partial charge in [-0.15, -0.1) is 0 Å². The van der Waals surface area contributed by atoms with E-state index in [2.05, 4.69) is 11.1 Å². The molecule has 0 saturated carbocycles. The number of aromatic nitrogens is 1. The highest BCUT2D eigenvalue weighted by atomic mass is 16.4. The fraction of sp³-hybridized carbons (Fsp3) is 0. The van der Waals surface area contributed by atoms with Gasteiger partial charge in [-0.05, 0) is 12.1 Å². The zero-order valence-electron chi connectivity index (χ0n) is 4.78. The second-order valence-corrected chi connectivity index (χ2v) is 1.57. The monoisotopic (exact) mass is 123 g/mol. The Bertz CT molecular complexity index is 166. The van der Waals surface area contributed by atoms with E-state index in [0.29, 0.717) is 0 Å². The number of hydrogen-bond donors (Lipinski definition) is 2. The van der Waals surface area contributed by atoms with Gasteiger partial charge in [0.25, 0.3) is 0 Å². The summed E-state index contributed by atoms with van der Waals surface area (Å²) < 4.78 is 0. The fourth-order valence-electron chi connectivity index (χ4n) is 0.554. The van der Waals surface area contributed by atoms with Crippen molar-refractivity contribution in [2.45, 2.75) is 0 Å². The molecule has 0 unspecified atom stereocenters. The topological polar surface area (TPSA) is 53.4 Å². The van der Waals surface area contributed by atoms with Crippen molar-refractivity contribution < 1.29 is 10.0 Å². The van der Waals surface area contributed by atoms with Crippen LogP contribution < -0.4 is 0 Å². The van der Waals surface area contributed by atoms with Gasteiger partial charge in [-0.2, -0.15) is 0 Å². The number of nitrogens with zero attached hydrogens (tertiary/aromatic N) is 1. The maximum absolute atomic E-state index is 7.12. The van der Waals surface area contributed by atoms with Gasteiger partial charge in [-0.25, -0.2) is 0 Å². The number of fused-ring (bicyclic) bond motifs is 1. The Balaban J connectivity index is 0.000000120. The summed E-state index contributed by atoms with van der Waals surface area (Å²) in [6.45, 7) is 0. The number of hydrogen-bond acceptors (Lipinski definition) is 3. The molecule has 0 bridgehead atoms. The molecule has 2 N–H and O–H groups in total. The molecule has 1 aliphatic heterocycles. The molecule has 4 heteroatoms. The molecule has 0 amide bonds. The summed E-state index contributed by atoms with van der Waals surface area (Å²) in [4.78, 5) is 3.91. The Kier molecular flexibility index (Phi) is 1.82. The van der Waals surface area contributed by atoms with Gasteiger partial charge in [0.15, 0.2) is 0 Å². The molecule has 2 aliphatic rings. The standard InChI is InChI=1S/C5H3N.BH3O2/c1-2-5-4(1)3-6-5;2-1-3/h1-3H;1-3H. The van der Waals surface area contributed by atoms with E-state index in [-0.39, 0.29) is 0 Å². The van der Waals surface area contributed by atoms with Crippen LogP contribution in [0.15, 0.2) is 18.3 Å². The van der Waals surface area contributed by atoms with Crippen LogP contribution in [0.5, 0.6) is 0 Å². The molecule has 0 saturated heterocycles. The number of pyridine rings is 1. The van der Waals surface area contributed by atoms with Crippen LogP contribution in [0, 0.1) is 0 Å². The first-order valence-electron chi connectivity index (χ1n) is 2.56. The van der Waals surface area contributed by atoms with E-state index in [1.165, 1.54) is 11.3 Å². The Hall–Kier alpha value is -0.865. The SMILES string of the molecule is OBO.c1cc2ncc1-2. The highest BCUT2D eigenvalue weighted by molar-refractivity contribution is 6.13. The minimum Gasteiger partial charge on any atom is -0.430 e. The third-order valence-corrected chi connectivity index (χ3v) is 1.06. The lowest BCUT2D eigenvalue weighted by Gasteiger charge is -2.08. The molecule has 0 aromatic carbocycles. The van der Waals surface area contributed by atoms with Crippen molar-refractivity contribution in [3.8, 4) is 11.3 Å². The molecule has 0 aromatic rings. The summed E-state index contributed by atoms with van der Waals surface area (Å²) in [5.41, 5.74) is 2.49. The van der Waals surface area contributed by atoms with E-state index >= 15 is 0 Å². The minimum atomic E-state index is -0.750. The summed E-state index contributed by atoms with van der Waals surface area (Å²) in [5.74, 6) is 0. The molecule has 46 valence electrons. The lowest BCUT2D eigenvalue weighted by atomic mass is 10.1. The molecule has 9 heavy (non-hydrogen) atoms. The Labute approximate surface area is 53.3 Å². The Morgan fingerprint density at radius 1 is 1.33 bits per heavy atom. The van der Waals surface area contributed by atoms with Crippen molar-refractivity contribution in [1.82, 2.24) is 4.98 Å². The Morgan fingerprint density at radius 3 is 1.89 bits per heavy atom. The summed E-state index contributed by atoms with van der Waals surface area (Å²) in [5, 5.41) is 14.2. The molecule has 2 rings (SSSR count). The zero-order chi connectivity index (χ0) is 6.69. The van der Waals surface area contributed by atoms with Crippen molar-refractivity contribution >= 4 is 7.69 Å². The zero-order valence-corrected chi connectivity index (χ0v) is 4.78. The molecule has 0 radical (unpaired) electrons. The van der Waals surface area contributed by atoms with Gasteiger partial charge in [0, 0.05) is 11.8 Å². The van der Waals surface area contributed by atoms with E-state index in [4.69, 9.17) is 10.0 Å². The van der Waals surface area contributed by atoms with Gasteiger partial charge in [0.2, 0.25) is 0 Å². The highest BCUT2D eigenvalue weighted by Crippen LogP contribution is 2.25. The normalized spacial score (nSPS) is 9.11. The van der Waals surface area contributed by atoms with Crippen LogP contribution in [-0.2, 0) is 0 Å². The molecule has 0 fully saturated rings. The van der Waals surface area contributed by atoms with Gasteiger partial charge >= 0.3 is 7.69 Å². The van der Waals surface area contributed by atoms with Crippen LogP contribution in [-0.4, -0.2) is 22.7 Å². The maximum atomic E-state index is 7.12. The second kappa shape index (κ2) is 2.61. The molecule has 1 aliphatic carbocycles. The summed E-state index contributed by atoms with van der Waals surface area (Å²) in [7, 11) is -0.750. The second-order valence-electron chi connectivity index (χ2n) is 1.57. The molecular formula is C5H6BNO2. The molecular weight excluding hydrogens is 117 g/mol. The first-order valence-corrected chi connectivity index (χ1v) is 2.56. The van der Waals surface area contributed by atoms with Crippen LogP contribution >= 0.6 is 0 Å². The van der Waals surface area contributed by atoms with Crippen LogP contribution in [0.25, 0.3) is 11.3 Å². The van der Waals surface area contributed by atoms with Crippen LogP contribution in [0.3, 0.4) is 0 Å². The van der Waals surface area contributed by atoms with Crippen molar-refractivity contribution in [2.24, 2.45) is 0 Å². The van der Waals surface area contributed by atoms with Gasteiger partial charge in [-0.3, -0.25) is 4.98 Å². The summed E-state index contributed by atoms with van der Waals surface area (Å²) in [6, 6.07) is 4.07. The largest absolute Gasteiger partial charge is 0.432 e. The molecule has 0 aromatic heterocycles. The first kappa shape index (κ1) is 6.26. The summed E-state index contributed by atoms with van der Waals surface area (Å²) >= 11 is 0. The third-order valence-electron chi connectivity index (χ3n) is 1.06.